The van der Waals surface area contributed by atoms with Crippen LogP contribution in [0.3, 0.4) is 0 Å². The lowest BCUT2D eigenvalue weighted by Gasteiger charge is -2.36. The first kappa shape index (κ1) is 30.0. The Bertz CT molecular complexity index is 1330. The van der Waals surface area contributed by atoms with Crippen LogP contribution in [0, 0.1) is 6.92 Å². The third-order valence-electron chi connectivity index (χ3n) is 8.04. The van der Waals surface area contributed by atoms with Gasteiger partial charge < -0.3 is 20.3 Å². The van der Waals surface area contributed by atoms with Crippen molar-refractivity contribution in [2.75, 3.05) is 23.7 Å². The van der Waals surface area contributed by atoms with Crippen molar-refractivity contribution in [3.63, 3.8) is 0 Å². The molecule has 0 spiro atoms. The molecule has 2 aliphatic carbocycles. The molecule has 2 saturated carbocycles. The molecule has 2 heterocycles. The normalized spacial score (nSPS) is 19.1. The summed E-state index contributed by atoms with van der Waals surface area (Å²) >= 11 is 8.22. The summed E-state index contributed by atoms with van der Waals surface area (Å²) in [6.07, 6.45) is 11.0. The van der Waals surface area contributed by atoms with E-state index in [1.165, 1.54) is 36.8 Å². The zero-order chi connectivity index (χ0) is 29.1. The van der Waals surface area contributed by atoms with E-state index in [9.17, 15) is 0 Å². The van der Waals surface area contributed by atoms with Gasteiger partial charge in [-0.05, 0) is 87.7 Å². The van der Waals surface area contributed by atoms with Crippen LogP contribution in [0.5, 0.6) is 5.75 Å². The highest BCUT2D eigenvalue weighted by molar-refractivity contribution is 8.00. The van der Waals surface area contributed by atoms with Gasteiger partial charge in [-0.2, -0.15) is 10.1 Å². The van der Waals surface area contributed by atoms with Crippen molar-refractivity contribution in [1.82, 2.24) is 24.6 Å². The van der Waals surface area contributed by atoms with Gasteiger partial charge in [0.05, 0.1) is 23.7 Å². The first-order valence-corrected chi connectivity index (χ1v) is 16.3. The highest BCUT2D eigenvalue weighted by Crippen LogP contribution is 2.42. The molecule has 0 amide bonds. The Morgan fingerprint density at radius 1 is 1.07 bits per heavy atom. The molecule has 0 bridgehead atoms. The first-order chi connectivity index (χ1) is 19.7. The quantitative estimate of drug-likeness (QED) is 0.203. The van der Waals surface area contributed by atoms with Gasteiger partial charge in [-0.25, -0.2) is 4.98 Å². The van der Waals surface area contributed by atoms with E-state index in [4.69, 9.17) is 21.3 Å². The standard InChI is InChI=1S/C31H44ClN7OS/c1-7-39(8-2)22-11-9-21(10-12-22)24-16-28(40-23-13-14-23)26(15-20(24)5)35-31-33-17-25(32)29(36-31)34-27-18-38(6)37-30(27)41-19(3)4/h15-19,21-23H,7-14H2,1-6H3,(H2,33,34,35,36)/t21-,22+. The molecule has 2 N–H and O–H groups in total. The van der Waals surface area contributed by atoms with Crippen molar-refractivity contribution in [3.8, 4) is 5.75 Å². The van der Waals surface area contributed by atoms with Crippen LogP contribution >= 0.6 is 23.4 Å². The van der Waals surface area contributed by atoms with E-state index in [-0.39, 0.29) is 6.10 Å². The summed E-state index contributed by atoms with van der Waals surface area (Å²) in [7, 11) is 1.91. The fourth-order valence-corrected chi connectivity index (χ4v) is 6.81. The van der Waals surface area contributed by atoms with Crippen molar-refractivity contribution < 1.29 is 4.74 Å². The number of hydrogen-bond acceptors (Lipinski definition) is 8. The average Bonchev–Trinajstić information content (AvgIpc) is 3.69. The summed E-state index contributed by atoms with van der Waals surface area (Å²) in [5.74, 6) is 2.45. The van der Waals surface area contributed by atoms with Crippen LogP contribution in [0.4, 0.5) is 23.1 Å². The van der Waals surface area contributed by atoms with Gasteiger partial charge in [-0.1, -0.05) is 51.1 Å². The molecule has 10 heteroatoms. The van der Waals surface area contributed by atoms with Crippen LogP contribution in [0.1, 0.15) is 83.3 Å². The first-order valence-electron chi connectivity index (χ1n) is 15.1. The summed E-state index contributed by atoms with van der Waals surface area (Å²) in [6.45, 7) is 13.3. The van der Waals surface area contributed by atoms with E-state index in [1.807, 2.05) is 13.2 Å². The average molecular weight is 598 g/mol. The number of aryl methyl sites for hydroxylation is 2. The van der Waals surface area contributed by atoms with Crippen LogP contribution in [-0.4, -0.2) is 55.1 Å². The fourth-order valence-electron chi connectivity index (χ4n) is 5.82. The number of nitrogens with zero attached hydrogens (tertiary/aromatic N) is 5. The molecule has 1 aromatic carbocycles. The lowest BCUT2D eigenvalue weighted by atomic mass is 9.79. The third-order valence-corrected chi connectivity index (χ3v) is 9.31. The molecule has 2 aliphatic rings. The number of ether oxygens (including phenoxy) is 1. The molecular formula is C31H44ClN7OS. The van der Waals surface area contributed by atoms with Gasteiger partial charge in [0, 0.05) is 24.5 Å². The third kappa shape index (κ3) is 7.48. The summed E-state index contributed by atoms with van der Waals surface area (Å²) in [5.41, 5.74) is 4.45. The van der Waals surface area contributed by atoms with E-state index in [0.717, 1.165) is 48.1 Å². The maximum atomic E-state index is 6.53. The Balaban J connectivity index is 1.36. The Hall–Kier alpha value is -2.49. The molecule has 3 aromatic rings. The number of halogens is 1. The highest BCUT2D eigenvalue weighted by atomic mass is 35.5. The van der Waals surface area contributed by atoms with Crippen LogP contribution in [0.15, 0.2) is 29.6 Å². The largest absolute Gasteiger partial charge is 0.488 e. The second-order valence-electron chi connectivity index (χ2n) is 11.6. The number of benzene rings is 1. The van der Waals surface area contributed by atoms with E-state index in [1.54, 1.807) is 22.6 Å². The van der Waals surface area contributed by atoms with Crippen molar-refractivity contribution in [2.45, 2.75) is 101 Å². The SMILES string of the molecule is CCN(CC)[C@H]1CC[C@@H](c2cc(OC3CC3)c(Nc3ncc(Cl)c(Nc4cn(C)nc4SC(C)C)n3)cc2C)CC1. The van der Waals surface area contributed by atoms with Crippen LogP contribution in [0.25, 0.3) is 0 Å². The Labute approximate surface area is 254 Å². The zero-order valence-corrected chi connectivity index (χ0v) is 26.8. The smallest absolute Gasteiger partial charge is 0.229 e. The Kier molecular flexibility index (Phi) is 9.66. The summed E-state index contributed by atoms with van der Waals surface area (Å²) in [6, 6.07) is 5.19. The fraction of sp³-hybridized carbons (Fsp3) is 0.581. The number of anilines is 4. The predicted octanol–water partition coefficient (Wildman–Crippen LogP) is 8.07. The van der Waals surface area contributed by atoms with E-state index in [2.05, 4.69) is 72.4 Å². The maximum Gasteiger partial charge on any atom is 0.229 e. The van der Waals surface area contributed by atoms with Crippen molar-refractivity contribution in [2.24, 2.45) is 7.05 Å². The highest BCUT2D eigenvalue weighted by Gasteiger charge is 2.29. The zero-order valence-electron chi connectivity index (χ0n) is 25.2. The van der Waals surface area contributed by atoms with Crippen LogP contribution in [-0.2, 0) is 7.05 Å². The molecular weight excluding hydrogens is 554 g/mol. The second kappa shape index (κ2) is 13.2. The van der Waals surface area contributed by atoms with Crippen LogP contribution in [0.2, 0.25) is 5.02 Å². The predicted molar refractivity (Wildman–Crippen MR) is 171 cm³/mol. The minimum atomic E-state index is 0.287. The molecule has 0 atom stereocenters. The molecule has 8 nitrogen and oxygen atoms in total. The maximum absolute atomic E-state index is 6.53. The van der Waals surface area contributed by atoms with E-state index in [0.29, 0.717) is 34.0 Å². The Morgan fingerprint density at radius 3 is 2.46 bits per heavy atom. The molecule has 5 rings (SSSR count). The molecule has 222 valence electrons. The molecule has 0 saturated heterocycles. The summed E-state index contributed by atoms with van der Waals surface area (Å²) in [4.78, 5) is 11.8. The molecule has 0 unspecified atom stereocenters. The van der Waals surface area contributed by atoms with Gasteiger partial charge >= 0.3 is 0 Å². The van der Waals surface area contributed by atoms with E-state index >= 15 is 0 Å². The van der Waals surface area contributed by atoms with Crippen LogP contribution < -0.4 is 15.4 Å². The van der Waals surface area contributed by atoms with Crippen molar-refractivity contribution in [3.05, 3.63) is 40.7 Å². The Morgan fingerprint density at radius 2 is 1.80 bits per heavy atom. The summed E-state index contributed by atoms with van der Waals surface area (Å²) in [5, 5.41) is 13.1. The number of thioether (sulfide) groups is 1. The minimum Gasteiger partial charge on any atom is -0.488 e. The van der Waals surface area contributed by atoms with Crippen molar-refractivity contribution >= 4 is 46.5 Å². The van der Waals surface area contributed by atoms with E-state index < -0.39 is 0 Å². The molecule has 41 heavy (non-hydrogen) atoms. The lowest BCUT2D eigenvalue weighted by Crippen LogP contribution is -2.37. The number of nitrogens with one attached hydrogen (secondary N) is 2. The molecule has 0 radical (unpaired) electrons. The number of aromatic nitrogens is 4. The van der Waals surface area contributed by atoms with Gasteiger partial charge in [0.1, 0.15) is 15.8 Å². The second-order valence-corrected chi connectivity index (χ2v) is 13.5. The van der Waals surface area contributed by atoms with Gasteiger partial charge in [-0.15, -0.1) is 0 Å². The monoisotopic (exact) mass is 597 g/mol. The van der Waals surface area contributed by atoms with Gasteiger partial charge in [0.2, 0.25) is 5.95 Å². The topological polar surface area (TPSA) is 80.1 Å². The minimum absolute atomic E-state index is 0.287. The number of rotatable bonds is 12. The molecule has 2 fully saturated rings. The van der Waals surface area contributed by atoms with Crippen molar-refractivity contribution in [1.29, 1.82) is 0 Å². The van der Waals surface area contributed by atoms with Gasteiger partial charge in [0.15, 0.2) is 5.82 Å². The lowest BCUT2D eigenvalue weighted by molar-refractivity contribution is 0.163. The van der Waals surface area contributed by atoms with Gasteiger partial charge in [0.25, 0.3) is 0 Å². The number of hydrogen-bond donors (Lipinski definition) is 2. The summed E-state index contributed by atoms with van der Waals surface area (Å²) < 4.78 is 8.23. The van der Waals surface area contributed by atoms with Gasteiger partial charge in [-0.3, -0.25) is 4.68 Å². The molecule has 2 aromatic heterocycles. The molecule has 0 aliphatic heterocycles.